The summed E-state index contributed by atoms with van der Waals surface area (Å²) >= 11 is 0. The smallest absolute Gasteiger partial charge is 0.414 e. The highest BCUT2D eigenvalue weighted by Crippen LogP contribution is 2.58. The van der Waals surface area contributed by atoms with E-state index in [-0.39, 0.29) is 6.10 Å². The molecule has 2 N–H and O–H groups in total. The zero-order valence-corrected chi connectivity index (χ0v) is 17.1. The minimum absolute atomic E-state index is 0.304. The molecule has 0 radical (unpaired) electrons. The summed E-state index contributed by atoms with van der Waals surface area (Å²) in [5.74, 6) is 0.180. The van der Waals surface area contributed by atoms with Crippen LogP contribution in [-0.2, 0) is 21.6 Å². The zero-order chi connectivity index (χ0) is 21.9. The monoisotopic (exact) mass is 436 g/mol. The molecule has 10 heteroatoms. The van der Waals surface area contributed by atoms with Gasteiger partial charge in [0.2, 0.25) is 0 Å². The number of fused-ring (bicyclic) bond motifs is 1. The van der Waals surface area contributed by atoms with Gasteiger partial charge in [-0.3, -0.25) is 9.88 Å². The number of carbonyl (C=O) groups is 1. The molecule has 1 aliphatic carbocycles. The molecule has 164 valence electrons. The van der Waals surface area contributed by atoms with Gasteiger partial charge in [-0.1, -0.05) is 11.3 Å². The van der Waals surface area contributed by atoms with Gasteiger partial charge >= 0.3 is 6.09 Å². The van der Waals surface area contributed by atoms with E-state index in [1.54, 1.807) is 35.4 Å². The van der Waals surface area contributed by atoms with Crippen molar-refractivity contribution in [2.75, 3.05) is 24.7 Å². The number of aromatic nitrogens is 4. The van der Waals surface area contributed by atoms with Crippen LogP contribution in [-0.4, -0.2) is 51.9 Å². The average molecular weight is 436 g/mol. The Labute approximate surface area is 182 Å². The number of rotatable bonds is 5. The van der Waals surface area contributed by atoms with Crippen molar-refractivity contribution in [2.24, 2.45) is 17.6 Å². The largest absolute Gasteiger partial charge is 0.442 e. The Morgan fingerprint density at radius 1 is 1.22 bits per heavy atom. The first-order chi connectivity index (χ1) is 15.5. The standard InChI is InChI=1S/C22H21FN6O3/c23-19-7-14(29-10-15(32-21(29)30)9-28-6-5-26-27-28)2-3-16(19)13-1-4-20(25-8-13)22(24)17-11-31-12-18(17)22/h1-8,15,17-18H,9-12,24H2/t15-,17-,18+,22-/m0/s1. The van der Waals surface area contributed by atoms with E-state index in [0.29, 0.717) is 55.0 Å². The Morgan fingerprint density at radius 3 is 2.75 bits per heavy atom. The van der Waals surface area contributed by atoms with E-state index in [2.05, 4.69) is 15.3 Å². The van der Waals surface area contributed by atoms with Crippen molar-refractivity contribution in [1.29, 1.82) is 0 Å². The molecule has 1 amide bonds. The number of hydrogen-bond donors (Lipinski definition) is 1. The number of cyclic esters (lactones) is 1. The molecule has 2 aromatic heterocycles. The molecule has 2 saturated heterocycles. The van der Waals surface area contributed by atoms with Gasteiger partial charge in [0.15, 0.2) is 0 Å². The molecule has 3 aliphatic rings. The molecule has 1 aromatic carbocycles. The lowest BCUT2D eigenvalue weighted by molar-refractivity contribution is 0.129. The van der Waals surface area contributed by atoms with Crippen LogP contribution in [0.15, 0.2) is 48.9 Å². The van der Waals surface area contributed by atoms with E-state index in [9.17, 15) is 9.18 Å². The number of anilines is 1. The van der Waals surface area contributed by atoms with Gasteiger partial charge in [-0.15, -0.1) is 5.10 Å². The summed E-state index contributed by atoms with van der Waals surface area (Å²) in [7, 11) is 0. The SMILES string of the molecule is N[C@]1(c2ccc(-c3ccc(N4C[C@H](Cn5ccnn5)OC4=O)cc3F)cn2)[C@@H]2COC[C@@H]21. The van der Waals surface area contributed by atoms with E-state index in [4.69, 9.17) is 15.2 Å². The molecule has 9 nitrogen and oxygen atoms in total. The van der Waals surface area contributed by atoms with Crippen LogP contribution in [0.2, 0.25) is 0 Å². The third-order valence-corrected chi connectivity index (χ3v) is 6.72. The molecule has 0 bridgehead atoms. The Balaban J connectivity index is 1.19. The number of benzene rings is 1. The molecule has 3 aromatic rings. The lowest BCUT2D eigenvalue weighted by Crippen LogP contribution is -2.29. The molecule has 2 aliphatic heterocycles. The van der Waals surface area contributed by atoms with Gasteiger partial charge in [0.1, 0.15) is 11.9 Å². The summed E-state index contributed by atoms with van der Waals surface area (Å²) in [6, 6.07) is 8.40. The molecule has 6 rings (SSSR count). The highest BCUT2D eigenvalue weighted by atomic mass is 19.1. The third kappa shape index (κ3) is 2.98. The maximum atomic E-state index is 15.0. The number of amides is 1. The predicted molar refractivity (Wildman–Crippen MR) is 111 cm³/mol. The molecular formula is C22H21FN6O3. The number of carbonyl (C=O) groups excluding carboxylic acids is 1. The first-order valence-electron chi connectivity index (χ1n) is 10.5. The van der Waals surface area contributed by atoms with E-state index in [1.807, 2.05) is 12.1 Å². The number of nitrogens with zero attached hydrogens (tertiary/aromatic N) is 5. The van der Waals surface area contributed by atoms with Crippen molar-refractivity contribution in [2.45, 2.75) is 18.2 Å². The lowest BCUT2D eigenvalue weighted by Gasteiger charge is -2.16. The zero-order valence-electron chi connectivity index (χ0n) is 17.1. The Morgan fingerprint density at radius 2 is 2.06 bits per heavy atom. The van der Waals surface area contributed by atoms with Crippen LogP contribution in [0.4, 0.5) is 14.9 Å². The van der Waals surface area contributed by atoms with Crippen LogP contribution < -0.4 is 10.6 Å². The fraction of sp³-hybridized carbons (Fsp3) is 0.364. The molecule has 1 saturated carbocycles. The summed E-state index contributed by atoms with van der Waals surface area (Å²) in [5, 5.41) is 7.62. The van der Waals surface area contributed by atoms with Gasteiger partial charge in [0.25, 0.3) is 0 Å². The average Bonchev–Trinajstić information content (AvgIpc) is 3.36. The molecular weight excluding hydrogens is 415 g/mol. The Bertz CT molecular complexity index is 1160. The Kier molecular flexibility index (Phi) is 4.27. The second-order valence-corrected chi connectivity index (χ2v) is 8.52. The van der Waals surface area contributed by atoms with Gasteiger partial charge in [0, 0.05) is 35.4 Å². The highest BCUT2D eigenvalue weighted by molar-refractivity contribution is 5.90. The maximum Gasteiger partial charge on any atom is 0.414 e. The van der Waals surface area contributed by atoms with Crippen molar-refractivity contribution in [3.63, 3.8) is 0 Å². The number of pyridine rings is 1. The molecule has 0 unspecified atom stereocenters. The van der Waals surface area contributed by atoms with Gasteiger partial charge < -0.3 is 15.2 Å². The van der Waals surface area contributed by atoms with Crippen LogP contribution in [0.5, 0.6) is 0 Å². The number of hydrogen-bond acceptors (Lipinski definition) is 7. The van der Waals surface area contributed by atoms with Crippen molar-refractivity contribution in [3.8, 4) is 11.1 Å². The summed E-state index contributed by atoms with van der Waals surface area (Å²) in [4.78, 5) is 18.2. The molecule has 32 heavy (non-hydrogen) atoms. The minimum Gasteiger partial charge on any atom is -0.442 e. The quantitative estimate of drug-likeness (QED) is 0.651. The number of nitrogens with two attached hydrogens (primary N) is 1. The van der Waals surface area contributed by atoms with E-state index in [1.165, 1.54) is 11.0 Å². The van der Waals surface area contributed by atoms with Gasteiger partial charge in [-0.2, -0.15) is 0 Å². The minimum atomic E-state index is -0.513. The van der Waals surface area contributed by atoms with Crippen LogP contribution in [0.25, 0.3) is 11.1 Å². The second-order valence-electron chi connectivity index (χ2n) is 8.52. The van der Waals surface area contributed by atoms with E-state index >= 15 is 0 Å². The predicted octanol–water partition coefficient (Wildman–Crippen LogP) is 1.93. The normalized spacial score (nSPS) is 28.6. The Hall–Kier alpha value is -3.37. The fourth-order valence-electron chi connectivity index (χ4n) is 4.85. The molecule has 0 spiro atoms. The van der Waals surface area contributed by atoms with Crippen LogP contribution >= 0.6 is 0 Å². The maximum absolute atomic E-state index is 15.0. The summed E-state index contributed by atoms with van der Waals surface area (Å²) in [6.07, 6.45) is 4.00. The lowest BCUT2D eigenvalue weighted by atomic mass is 10.0. The highest BCUT2D eigenvalue weighted by Gasteiger charge is 2.66. The molecule has 4 atom stereocenters. The summed E-state index contributed by atoms with van der Waals surface area (Å²) in [5.41, 5.74) is 8.40. The van der Waals surface area contributed by atoms with Crippen molar-refractivity contribution < 1.29 is 18.7 Å². The molecule has 3 fully saturated rings. The van der Waals surface area contributed by atoms with E-state index in [0.717, 1.165) is 5.69 Å². The van der Waals surface area contributed by atoms with Crippen molar-refractivity contribution in [1.82, 2.24) is 20.0 Å². The van der Waals surface area contributed by atoms with E-state index < -0.39 is 17.4 Å². The van der Waals surface area contributed by atoms with Gasteiger partial charge in [-0.05, 0) is 24.3 Å². The summed E-state index contributed by atoms with van der Waals surface area (Å²) in [6.45, 7) is 2.02. The second kappa shape index (κ2) is 7.07. The first-order valence-corrected chi connectivity index (χ1v) is 10.5. The first kappa shape index (κ1) is 19.3. The van der Waals surface area contributed by atoms with Crippen molar-refractivity contribution >= 4 is 11.8 Å². The van der Waals surface area contributed by atoms with Crippen LogP contribution in [0, 0.1) is 17.7 Å². The third-order valence-electron chi connectivity index (χ3n) is 6.72. The summed E-state index contributed by atoms with van der Waals surface area (Å²) < 4.78 is 27.4. The van der Waals surface area contributed by atoms with Gasteiger partial charge in [0.05, 0.1) is 49.4 Å². The fourth-order valence-corrected chi connectivity index (χ4v) is 4.85. The van der Waals surface area contributed by atoms with Gasteiger partial charge in [-0.25, -0.2) is 13.9 Å². The van der Waals surface area contributed by atoms with Crippen LogP contribution in [0.3, 0.4) is 0 Å². The topological polar surface area (TPSA) is 108 Å². The molecule has 4 heterocycles. The van der Waals surface area contributed by atoms with Crippen molar-refractivity contribution in [3.05, 3.63) is 60.4 Å². The van der Waals surface area contributed by atoms with Crippen LogP contribution in [0.1, 0.15) is 5.69 Å². The number of ether oxygens (including phenoxy) is 2. The number of halogens is 1.